The number of halogens is 2. The summed E-state index contributed by atoms with van der Waals surface area (Å²) in [5.41, 5.74) is -0.238. The van der Waals surface area contributed by atoms with E-state index in [2.05, 4.69) is 5.32 Å². The van der Waals surface area contributed by atoms with Crippen LogP contribution < -0.4 is 5.32 Å². The Bertz CT molecular complexity index is 698. The van der Waals surface area contributed by atoms with Crippen LogP contribution in [0.1, 0.15) is 11.3 Å². The molecule has 6 heteroatoms. The van der Waals surface area contributed by atoms with E-state index >= 15 is 0 Å². The molecule has 0 aliphatic heterocycles. The van der Waals surface area contributed by atoms with E-state index < -0.39 is 11.7 Å². The molecule has 1 aromatic carbocycles. The van der Waals surface area contributed by atoms with Gasteiger partial charge in [-0.25, -0.2) is 4.39 Å². The van der Waals surface area contributed by atoms with Crippen molar-refractivity contribution in [1.29, 1.82) is 5.26 Å². The van der Waals surface area contributed by atoms with Gasteiger partial charge in [-0.1, -0.05) is 17.7 Å². The van der Waals surface area contributed by atoms with Gasteiger partial charge >= 0.3 is 0 Å². The molecule has 0 fully saturated rings. The van der Waals surface area contributed by atoms with Crippen LogP contribution >= 0.6 is 11.6 Å². The zero-order chi connectivity index (χ0) is 15.2. The van der Waals surface area contributed by atoms with Crippen molar-refractivity contribution >= 4 is 23.6 Å². The van der Waals surface area contributed by atoms with Crippen molar-refractivity contribution in [2.75, 3.05) is 0 Å². The molecule has 21 heavy (non-hydrogen) atoms. The molecule has 0 aliphatic rings. The first-order valence-electron chi connectivity index (χ1n) is 5.98. The molecule has 0 aliphatic carbocycles. The second kappa shape index (κ2) is 6.73. The van der Waals surface area contributed by atoms with Crippen molar-refractivity contribution in [3.8, 4) is 6.07 Å². The van der Waals surface area contributed by atoms with Crippen molar-refractivity contribution in [1.82, 2.24) is 5.32 Å². The number of hydrogen-bond acceptors (Lipinski definition) is 3. The van der Waals surface area contributed by atoms with Crippen molar-refractivity contribution in [3.63, 3.8) is 0 Å². The van der Waals surface area contributed by atoms with E-state index in [-0.39, 0.29) is 22.7 Å². The molecular formula is C15H10ClFN2O2. The quantitative estimate of drug-likeness (QED) is 0.696. The molecule has 1 amide bonds. The summed E-state index contributed by atoms with van der Waals surface area (Å²) in [4.78, 5) is 11.9. The Morgan fingerprint density at radius 3 is 2.86 bits per heavy atom. The second-order valence-electron chi connectivity index (χ2n) is 4.07. The average Bonchev–Trinajstić information content (AvgIpc) is 2.98. The van der Waals surface area contributed by atoms with Gasteiger partial charge in [-0.05, 0) is 30.3 Å². The third-order valence-corrected chi connectivity index (χ3v) is 2.99. The molecule has 0 atom stereocenters. The molecular weight excluding hydrogens is 295 g/mol. The van der Waals surface area contributed by atoms with Crippen molar-refractivity contribution in [2.24, 2.45) is 0 Å². The number of carbonyl (C=O) groups excluding carboxylic acids is 1. The molecule has 0 radical (unpaired) electrons. The number of rotatable bonds is 4. The zero-order valence-corrected chi connectivity index (χ0v) is 11.5. The highest BCUT2D eigenvalue weighted by Gasteiger charge is 2.12. The van der Waals surface area contributed by atoms with Crippen LogP contribution in [-0.4, -0.2) is 5.91 Å². The summed E-state index contributed by atoms with van der Waals surface area (Å²) < 4.78 is 18.7. The highest BCUT2D eigenvalue weighted by molar-refractivity contribution is 6.32. The Morgan fingerprint density at radius 1 is 1.43 bits per heavy atom. The van der Waals surface area contributed by atoms with Crippen LogP contribution in [0.5, 0.6) is 0 Å². The zero-order valence-electron chi connectivity index (χ0n) is 10.8. The first-order chi connectivity index (χ1) is 10.1. The van der Waals surface area contributed by atoms with Crippen LogP contribution in [0.2, 0.25) is 5.02 Å². The van der Waals surface area contributed by atoms with Gasteiger partial charge in [0.05, 0.1) is 17.8 Å². The number of carbonyl (C=O) groups is 1. The van der Waals surface area contributed by atoms with Crippen LogP contribution in [0.3, 0.4) is 0 Å². The third kappa shape index (κ3) is 3.71. The molecule has 0 saturated carbocycles. The van der Waals surface area contributed by atoms with Gasteiger partial charge in [0.2, 0.25) is 0 Å². The van der Waals surface area contributed by atoms with Crippen molar-refractivity contribution in [2.45, 2.75) is 6.54 Å². The summed E-state index contributed by atoms with van der Waals surface area (Å²) in [6.07, 6.45) is 2.59. The summed E-state index contributed by atoms with van der Waals surface area (Å²) in [6.45, 7) is 0.135. The lowest BCUT2D eigenvalue weighted by Gasteiger charge is -2.04. The van der Waals surface area contributed by atoms with E-state index in [0.717, 1.165) is 6.08 Å². The minimum absolute atomic E-state index is 0.00358. The number of benzene rings is 1. The van der Waals surface area contributed by atoms with Crippen molar-refractivity contribution in [3.05, 3.63) is 64.3 Å². The molecule has 0 saturated heterocycles. The van der Waals surface area contributed by atoms with Crippen molar-refractivity contribution < 1.29 is 13.6 Å². The smallest absolute Gasteiger partial charge is 0.262 e. The summed E-state index contributed by atoms with van der Waals surface area (Å²) in [5, 5.41) is 11.7. The normalized spacial score (nSPS) is 11.0. The maximum absolute atomic E-state index is 13.6. The predicted octanol–water partition coefficient (Wildman–Crippen LogP) is 3.30. The minimum atomic E-state index is -0.631. The molecule has 0 spiro atoms. The fourth-order valence-corrected chi connectivity index (χ4v) is 1.83. The lowest BCUT2D eigenvalue weighted by molar-refractivity contribution is -0.117. The Balaban J connectivity index is 2.17. The van der Waals surface area contributed by atoms with Crippen LogP contribution in [0.25, 0.3) is 6.08 Å². The molecule has 106 valence electrons. The van der Waals surface area contributed by atoms with Gasteiger partial charge in [-0.2, -0.15) is 5.26 Å². The standard InChI is InChI=1S/C15H10ClFN2O2/c16-13-4-1-5-14(17)12(13)7-10(8-18)15(20)19-9-11-3-2-6-21-11/h1-7H,9H2,(H,19,20). The highest BCUT2D eigenvalue weighted by Crippen LogP contribution is 2.21. The van der Waals surface area contributed by atoms with E-state index in [1.54, 1.807) is 18.2 Å². The van der Waals surface area contributed by atoms with Crippen LogP contribution in [0, 0.1) is 17.1 Å². The maximum atomic E-state index is 13.6. The molecule has 4 nitrogen and oxygen atoms in total. The number of amides is 1. The molecule has 1 heterocycles. The Kier molecular flexibility index (Phi) is 4.75. The Hall–Kier alpha value is -2.58. The summed E-state index contributed by atoms with van der Waals surface area (Å²) >= 11 is 5.85. The lowest BCUT2D eigenvalue weighted by Crippen LogP contribution is -2.23. The van der Waals surface area contributed by atoms with Gasteiger partial charge in [0.1, 0.15) is 23.2 Å². The summed E-state index contributed by atoms with van der Waals surface area (Å²) in [6, 6.07) is 9.22. The molecule has 2 rings (SSSR count). The SMILES string of the molecule is N#CC(=Cc1c(F)cccc1Cl)C(=O)NCc1ccco1. The molecule has 1 aromatic heterocycles. The number of nitriles is 1. The molecule has 1 N–H and O–H groups in total. The van der Waals surface area contributed by atoms with Crippen LogP contribution in [0.4, 0.5) is 4.39 Å². The minimum Gasteiger partial charge on any atom is -0.467 e. The topological polar surface area (TPSA) is 66.0 Å². The molecule has 0 bridgehead atoms. The van der Waals surface area contributed by atoms with E-state index in [1.807, 2.05) is 0 Å². The highest BCUT2D eigenvalue weighted by atomic mass is 35.5. The molecule has 0 unspecified atom stereocenters. The summed E-state index contributed by atoms with van der Waals surface area (Å²) in [7, 11) is 0. The Labute approximate surface area is 125 Å². The van der Waals surface area contributed by atoms with E-state index in [1.165, 1.54) is 24.5 Å². The Morgan fingerprint density at radius 2 is 2.24 bits per heavy atom. The molecule has 2 aromatic rings. The average molecular weight is 305 g/mol. The van der Waals surface area contributed by atoms with E-state index in [0.29, 0.717) is 5.76 Å². The number of nitrogens with one attached hydrogen (secondary N) is 1. The van der Waals surface area contributed by atoms with E-state index in [4.69, 9.17) is 21.3 Å². The van der Waals surface area contributed by atoms with Gasteiger partial charge in [0.25, 0.3) is 5.91 Å². The van der Waals surface area contributed by atoms with Gasteiger partial charge in [0.15, 0.2) is 0 Å². The fourth-order valence-electron chi connectivity index (χ4n) is 1.62. The first-order valence-corrected chi connectivity index (χ1v) is 6.36. The first kappa shape index (κ1) is 14.8. The van der Waals surface area contributed by atoms with Gasteiger partial charge in [0, 0.05) is 5.56 Å². The van der Waals surface area contributed by atoms with Crippen LogP contribution in [-0.2, 0) is 11.3 Å². The maximum Gasteiger partial charge on any atom is 0.262 e. The number of furan rings is 1. The van der Waals surface area contributed by atoms with Gasteiger partial charge in [-0.3, -0.25) is 4.79 Å². The second-order valence-corrected chi connectivity index (χ2v) is 4.47. The third-order valence-electron chi connectivity index (χ3n) is 2.66. The fraction of sp³-hybridized carbons (Fsp3) is 0.0667. The summed E-state index contributed by atoms with van der Waals surface area (Å²) in [5.74, 6) is -0.688. The van der Waals surface area contributed by atoms with Crippen LogP contribution in [0.15, 0.2) is 46.6 Å². The van der Waals surface area contributed by atoms with Gasteiger partial charge in [-0.15, -0.1) is 0 Å². The monoisotopic (exact) mass is 304 g/mol. The largest absolute Gasteiger partial charge is 0.467 e. The van der Waals surface area contributed by atoms with Gasteiger partial charge < -0.3 is 9.73 Å². The predicted molar refractivity (Wildman–Crippen MR) is 75.6 cm³/mol. The number of hydrogen-bond donors (Lipinski definition) is 1. The van der Waals surface area contributed by atoms with E-state index in [9.17, 15) is 9.18 Å². The number of nitrogens with zero attached hydrogens (tertiary/aromatic N) is 1. The lowest BCUT2D eigenvalue weighted by atomic mass is 10.1.